The van der Waals surface area contributed by atoms with E-state index >= 15 is 0 Å². The zero-order valence-electron chi connectivity index (χ0n) is 18.0. The number of hydrogen-bond donors (Lipinski definition) is 4. The van der Waals surface area contributed by atoms with E-state index < -0.39 is 21.3 Å². The molecule has 0 atom stereocenters. The van der Waals surface area contributed by atoms with Crippen molar-refractivity contribution in [3.63, 3.8) is 0 Å². The lowest BCUT2D eigenvalue weighted by Gasteiger charge is -2.34. The number of nitrogens with two attached hydrogens (primary N) is 1. The van der Waals surface area contributed by atoms with Gasteiger partial charge >= 0.3 is 0 Å². The zero-order valence-corrected chi connectivity index (χ0v) is 18.8. The van der Waals surface area contributed by atoms with Crippen LogP contribution in [0.1, 0.15) is 55.7 Å². The number of rotatable bonds is 7. The molecular weight excluding hydrogens is 418 g/mol. The van der Waals surface area contributed by atoms with E-state index in [4.69, 9.17) is 5.73 Å². The Morgan fingerprint density at radius 3 is 2.52 bits per heavy atom. The van der Waals surface area contributed by atoms with Gasteiger partial charge in [0.15, 0.2) is 21.3 Å². The summed E-state index contributed by atoms with van der Waals surface area (Å²) in [6, 6.07) is 6.35. The Kier molecular flexibility index (Phi) is 6.51. The van der Waals surface area contributed by atoms with Crippen LogP contribution < -0.4 is 16.4 Å². The van der Waals surface area contributed by atoms with Crippen molar-refractivity contribution >= 4 is 33.1 Å². The summed E-state index contributed by atoms with van der Waals surface area (Å²) in [5.74, 6) is -0.0364. The van der Waals surface area contributed by atoms with Crippen molar-refractivity contribution in [2.45, 2.75) is 62.5 Å². The minimum absolute atomic E-state index is 0.0151. The minimum Gasteiger partial charge on any atom is -0.390 e. The summed E-state index contributed by atoms with van der Waals surface area (Å²) in [4.78, 5) is 21.2. The number of aryl methyl sites for hydroxylation is 1. The molecule has 1 aliphatic carbocycles. The molecule has 1 aromatic carbocycles. The molecule has 9 nitrogen and oxygen atoms in total. The van der Waals surface area contributed by atoms with Crippen LogP contribution in [0.25, 0.3) is 0 Å². The van der Waals surface area contributed by atoms with E-state index in [-0.39, 0.29) is 22.4 Å². The van der Waals surface area contributed by atoms with Crippen LogP contribution in [0.5, 0.6) is 0 Å². The fourth-order valence-electron chi connectivity index (χ4n) is 3.61. The smallest absolute Gasteiger partial charge is 0.271 e. The number of sulfone groups is 1. The van der Waals surface area contributed by atoms with Gasteiger partial charge in [-0.2, -0.15) is 0 Å². The van der Waals surface area contributed by atoms with E-state index in [1.165, 1.54) is 12.1 Å². The minimum atomic E-state index is -3.39. The van der Waals surface area contributed by atoms with Crippen LogP contribution in [0, 0.1) is 0 Å². The Labute approximate surface area is 182 Å². The number of amides is 1. The molecule has 0 saturated heterocycles. The number of anilines is 3. The Hall–Kier alpha value is -2.72. The highest BCUT2D eigenvalue weighted by atomic mass is 32.2. The molecule has 3 rings (SSSR count). The average Bonchev–Trinajstić information content (AvgIpc) is 2.69. The maximum Gasteiger partial charge on any atom is 0.271 e. The number of primary amides is 1. The topological polar surface area (TPSA) is 147 Å². The molecule has 1 aromatic heterocycles. The van der Waals surface area contributed by atoms with E-state index in [1.807, 2.05) is 13.8 Å². The molecule has 0 unspecified atom stereocenters. The Morgan fingerprint density at radius 2 is 1.94 bits per heavy atom. The summed E-state index contributed by atoms with van der Waals surface area (Å²) in [5, 5.41) is 16.6. The van der Waals surface area contributed by atoms with E-state index in [0.29, 0.717) is 36.5 Å². The maximum atomic E-state index is 12.0. The monoisotopic (exact) mass is 447 g/mol. The predicted molar refractivity (Wildman–Crippen MR) is 119 cm³/mol. The lowest BCUT2D eigenvalue weighted by molar-refractivity contribution is 0.0196. The van der Waals surface area contributed by atoms with E-state index in [1.54, 1.807) is 12.1 Å². The fourth-order valence-corrected chi connectivity index (χ4v) is 4.28. The van der Waals surface area contributed by atoms with Gasteiger partial charge in [-0.05, 0) is 57.2 Å². The van der Waals surface area contributed by atoms with Crippen LogP contribution in [-0.4, -0.2) is 47.3 Å². The molecule has 0 aliphatic heterocycles. The largest absolute Gasteiger partial charge is 0.390 e. The maximum absolute atomic E-state index is 12.0. The van der Waals surface area contributed by atoms with Gasteiger partial charge in [0, 0.05) is 18.0 Å². The molecule has 10 heteroatoms. The summed E-state index contributed by atoms with van der Waals surface area (Å²) < 4.78 is 23.7. The van der Waals surface area contributed by atoms with Crippen LogP contribution >= 0.6 is 0 Å². The van der Waals surface area contributed by atoms with Crippen molar-refractivity contribution in [3.8, 4) is 0 Å². The van der Waals surface area contributed by atoms with Crippen molar-refractivity contribution in [1.29, 1.82) is 0 Å². The van der Waals surface area contributed by atoms with E-state index in [0.717, 1.165) is 19.1 Å². The highest BCUT2D eigenvalue weighted by molar-refractivity contribution is 7.90. The molecular formula is C21H29N5O4S. The van der Waals surface area contributed by atoms with Gasteiger partial charge in [-0.3, -0.25) is 4.79 Å². The second-order valence-electron chi connectivity index (χ2n) is 8.27. The molecule has 31 heavy (non-hydrogen) atoms. The number of carbonyl (C=O) groups is 1. The molecule has 0 bridgehead atoms. The van der Waals surface area contributed by atoms with Crippen LogP contribution in [0.2, 0.25) is 0 Å². The first-order chi connectivity index (χ1) is 14.5. The highest BCUT2D eigenvalue weighted by Crippen LogP contribution is 2.31. The molecule has 0 radical (unpaired) electrons. The first kappa shape index (κ1) is 23.0. The van der Waals surface area contributed by atoms with Crippen molar-refractivity contribution in [2.24, 2.45) is 5.73 Å². The summed E-state index contributed by atoms with van der Waals surface area (Å²) in [6.07, 6.45) is 4.61. The number of benzene rings is 1. The fraction of sp³-hybridized carbons (Fsp3) is 0.476. The van der Waals surface area contributed by atoms with E-state index in [2.05, 4.69) is 20.6 Å². The van der Waals surface area contributed by atoms with Gasteiger partial charge in [0.2, 0.25) is 0 Å². The van der Waals surface area contributed by atoms with Gasteiger partial charge in [-0.15, -0.1) is 0 Å². The quantitative estimate of drug-likeness (QED) is 0.506. The van der Waals surface area contributed by atoms with Gasteiger partial charge in [0.1, 0.15) is 5.82 Å². The van der Waals surface area contributed by atoms with Crippen LogP contribution in [0.4, 0.5) is 17.3 Å². The molecule has 0 spiro atoms. The second kappa shape index (κ2) is 8.80. The molecule has 5 N–H and O–H groups in total. The normalized spacial score (nSPS) is 21.5. The molecule has 1 amide bonds. The van der Waals surface area contributed by atoms with Gasteiger partial charge in [-0.25, -0.2) is 18.4 Å². The van der Waals surface area contributed by atoms with E-state index in [9.17, 15) is 18.3 Å². The molecule has 1 heterocycles. The lowest BCUT2D eigenvalue weighted by atomic mass is 9.83. The summed E-state index contributed by atoms with van der Waals surface area (Å²) in [6.45, 7) is 3.75. The Morgan fingerprint density at radius 1 is 1.26 bits per heavy atom. The Balaban J connectivity index is 1.94. The first-order valence-corrected chi connectivity index (χ1v) is 12.1. The van der Waals surface area contributed by atoms with Crippen LogP contribution in [-0.2, 0) is 16.3 Å². The third kappa shape index (κ3) is 5.71. The molecule has 1 saturated carbocycles. The number of nitrogens with zero attached hydrogens (tertiary/aromatic N) is 2. The van der Waals surface area contributed by atoms with Crippen LogP contribution in [0.3, 0.4) is 0 Å². The predicted octanol–water partition coefficient (Wildman–Crippen LogP) is 2.39. The van der Waals surface area contributed by atoms with Gasteiger partial charge in [0.25, 0.3) is 5.91 Å². The second-order valence-corrected chi connectivity index (χ2v) is 10.3. The first-order valence-electron chi connectivity index (χ1n) is 10.3. The summed E-state index contributed by atoms with van der Waals surface area (Å²) in [5.41, 5.74) is 5.93. The molecule has 1 fully saturated rings. The molecule has 1 aliphatic rings. The van der Waals surface area contributed by atoms with Gasteiger partial charge < -0.3 is 21.5 Å². The van der Waals surface area contributed by atoms with Gasteiger partial charge in [0.05, 0.1) is 16.2 Å². The number of aliphatic hydroxyl groups is 1. The summed E-state index contributed by atoms with van der Waals surface area (Å²) >= 11 is 0. The van der Waals surface area contributed by atoms with Crippen molar-refractivity contribution in [2.75, 3.05) is 16.9 Å². The number of aromatic nitrogens is 2. The number of nitrogens with one attached hydrogen (secondary N) is 2. The third-order valence-electron chi connectivity index (χ3n) is 5.46. The summed E-state index contributed by atoms with van der Waals surface area (Å²) in [7, 11) is -3.39. The number of hydrogen-bond acceptors (Lipinski definition) is 8. The van der Waals surface area contributed by atoms with Gasteiger partial charge in [-0.1, -0.05) is 13.0 Å². The number of carbonyl (C=O) groups excluding carboxylic acids is 1. The van der Waals surface area contributed by atoms with Crippen molar-refractivity contribution < 1.29 is 18.3 Å². The van der Waals surface area contributed by atoms with Crippen LogP contribution in [0.15, 0.2) is 29.2 Å². The van der Waals surface area contributed by atoms with Crippen molar-refractivity contribution in [1.82, 2.24) is 9.97 Å². The molecule has 168 valence electrons. The standard InChI is InChI=1S/C21H29N5O4S/c1-4-16-19(23-13-8-10-21(2,28)11-9-13)26-20(17(25-16)18(22)27)24-14-6-5-7-15(12-14)31(3,29)30/h5-7,12-13,28H,4,8-11H2,1-3H3,(H2,22,27)(H2,23,24,26)/t13-,21+. The Bertz CT molecular complexity index is 1080. The zero-order chi connectivity index (χ0) is 22.8. The lowest BCUT2D eigenvalue weighted by Crippen LogP contribution is -2.36. The molecule has 2 aromatic rings. The van der Waals surface area contributed by atoms with Crippen molar-refractivity contribution in [3.05, 3.63) is 35.7 Å². The average molecular weight is 448 g/mol. The SMILES string of the molecule is CCc1nc(C(N)=O)c(Nc2cccc(S(C)(=O)=O)c2)nc1N[C@H]1CC[C@@](C)(O)CC1. The third-order valence-corrected chi connectivity index (χ3v) is 6.58. The highest BCUT2D eigenvalue weighted by Gasteiger charge is 2.29.